The van der Waals surface area contributed by atoms with Gasteiger partial charge in [0, 0.05) is 0 Å². The van der Waals surface area contributed by atoms with Crippen molar-refractivity contribution in [3.05, 3.63) is 27.2 Å². The number of rotatable bonds is 0. The van der Waals surface area contributed by atoms with Gasteiger partial charge in [-0.3, -0.25) is 0 Å². The Labute approximate surface area is 75.2 Å². The first-order chi connectivity index (χ1) is 5.04. The molecule has 0 saturated carbocycles. The van der Waals surface area contributed by atoms with Crippen LogP contribution in [0.1, 0.15) is 16.7 Å². The molecule has 0 fully saturated rings. The Morgan fingerprint density at radius 2 is 1.73 bits per heavy atom. The van der Waals surface area contributed by atoms with Crippen molar-refractivity contribution < 1.29 is 5.11 Å². The molecule has 0 unspecified atom stereocenters. The smallest absolute Gasteiger partial charge is 0.132 e. The summed E-state index contributed by atoms with van der Waals surface area (Å²) in [5, 5.41) is 9.46. The molecule has 11 heavy (non-hydrogen) atoms. The molecule has 0 amide bonds. The second-order valence-corrected chi connectivity index (χ2v) is 3.59. The third-order valence-electron chi connectivity index (χ3n) is 1.94. The number of phenols is 1. The molecule has 60 valence electrons. The molecule has 0 atom stereocenters. The topological polar surface area (TPSA) is 20.2 Å². The zero-order chi connectivity index (χ0) is 8.59. The van der Waals surface area contributed by atoms with Crippen LogP contribution in [0.25, 0.3) is 0 Å². The van der Waals surface area contributed by atoms with E-state index in [9.17, 15) is 5.11 Å². The Morgan fingerprint density at radius 3 is 2.27 bits per heavy atom. The van der Waals surface area contributed by atoms with Crippen molar-refractivity contribution >= 4 is 15.9 Å². The van der Waals surface area contributed by atoms with Crippen LogP contribution in [0.3, 0.4) is 0 Å². The van der Waals surface area contributed by atoms with Gasteiger partial charge in [0.2, 0.25) is 0 Å². The Kier molecular flexibility index (Phi) is 2.23. The molecular weight excluding hydrogens is 204 g/mol. The van der Waals surface area contributed by atoms with E-state index in [0.29, 0.717) is 5.75 Å². The largest absolute Gasteiger partial charge is 0.506 e. The summed E-state index contributed by atoms with van der Waals surface area (Å²) in [5.74, 6) is 0.355. The average molecular weight is 215 g/mol. The predicted molar refractivity (Wildman–Crippen MR) is 50.0 cm³/mol. The number of hydrogen-bond acceptors (Lipinski definition) is 1. The summed E-state index contributed by atoms with van der Waals surface area (Å²) in [6, 6.07) is 1.98. The fourth-order valence-corrected chi connectivity index (χ4v) is 1.65. The first kappa shape index (κ1) is 8.60. The normalized spacial score (nSPS) is 10.2. The molecule has 2 heteroatoms. The van der Waals surface area contributed by atoms with Gasteiger partial charge in [-0.1, -0.05) is 6.07 Å². The van der Waals surface area contributed by atoms with Gasteiger partial charge < -0.3 is 5.11 Å². The summed E-state index contributed by atoms with van der Waals surface area (Å²) in [6.07, 6.45) is 0. The van der Waals surface area contributed by atoms with E-state index < -0.39 is 0 Å². The van der Waals surface area contributed by atoms with E-state index in [-0.39, 0.29) is 0 Å². The van der Waals surface area contributed by atoms with Gasteiger partial charge in [-0.25, -0.2) is 0 Å². The van der Waals surface area contributed by atoms with Gasteiger partial charge in [-0.05, 0) is 53.4 Å². The van der Waals surface area contributed by atoms with Crippen LogP contribution < -0.4 is 0 Å². The van der Waals surface area contributed by atoms with Gasteiger partial charge >= 0.3 is 0 Å². The van der Waals surface area contributed by atoms with Crippen LogP contribution in [0.5, 0.6) is 5.75 Å². The molecule has 1 nitrogen and oxygen atoms in total. The SMILES string of the molecule is Cc1cc(C)c(O)c(Br)c1C. The minimum absolute atomic E-state index is 0.355. The van der Waals surface area contributed by atoms with E-state index in [4.69, 9.17) is 0 Å². The first-order valence-corrected chi connectivity index (χ1v) is 4.28. The molecule has 0 aromatic heterocycles. The minimum Gasteiger partial charge on any atom is -0.506 e. The number of halogens is 1. The lowest BCUT2D eigenvalue weighted by Crippen LogP contribution is -1.86. The van der Waals surface area contributed by atoms with Crippen LogP contribution in [0.15, 0.2) is 10.5 Å². The van der Waals surface area contributed by atoms with Crippen molar-refractivity contribution in [2.24, 2.45) is 0 Å². The highest BCUT2D eigenvalue weighted by molar-refractivity contribution is 9.10. The molecule has 0 aliphatic rings. The van der Waals surface area contributed by atoms with Crippen LogP contribution in [0.2, 0.25) is 0 Å². The highest BCUT2D eigenvalue weighted by atomic mass is 79.9. The zero-order valence-electron chi connectivity index (χ0n) is 6.90. The molecule has 0 aliphatic carbocycles. The van der Waals surface area contributed by atoms with Crippen LogP contribution in [-0.2, 0) is 0 Å². The molecule has 1 aromatic carbocycles. The number of aryl methyl sites for hydroxylation is 2. The van der Waals surface area contributed by atoms with Crippen LogP contribution >= 0.6 is 15.9 Å². The summed E-state index contributed by atoms with van der Waals surface area (Å²) in [4.78, 5) is 0. The molecule has 1 rings (SSSR count). The summed E-state index contributed by atoms with van der Waals surface area (Å²) >= 11 is 3.33. The molecule has 1 aromatic rings. The quantitative estimate of drug-likeness (QED) is 0.705. The van der Waals surface area contributed by atoms with Gasteiger partial charge in [0.05, 0.1) is 4.47 Å². The summed E-state index contributed by atoms with van der Waals surface area (Å²) in [7, 11) is 0. The van der Waals surface area contributed by atoms with Gasteiger partial charge in [0.1, 0.15) is 5.75 Å². The maximum Gasteiger partial charge on any atom is 0.132 e. The number of aromatic hydroxyl groups is 1. The summed E-state index contributed by atoms with van der Waals surface area (Å²) in [5.41, 5.74) is 3.22. The van der Waals surface area contributed by atoms with E-state index >= 15 is 0 Å². The average Bonchev–Trinajstić information content (AvgIpc) is 1.97. The standard InChI is InChI=1S/C9H11BrO/c1-5-4-6(2)9(11)8(10)7(5)3/h4,11H,1-3H3. The number of phenolic OH excluding ortho intramolecular Hbond substituents is 1. The molecule has 0 radical (unpaired) electrons. The molecule has 0 spiro atoms. The van der Waals surface area contributed by atoms with E-state index in [2.05, 4.69) is 15.9 Å². The van der Waals surface area contributed by atoms with Gasteiger partial charge in [0.15, 0.2) is 0 Å². The summed E-state index contributed by atoms with van der Waals surface area (Å²) in [6.45, 7) is 5.91. The second kappa shape index (κ2) is 2.86. The Morgan fingerprint density at radius 1 is 1.18 bits per heavy atom. The highest BCUT2D eigenvalue weighted by Crippen LogP contribution is 2.32. The molecule has 0 aliphatic heterocycles. The Balaban J connectivity index is 3.46. The maximum atomic E-state index is 9.46. The molecular formula is C9H11BrO. The molecule has 1 N–H and O–H groups in total. The lowest BCUT2D eigenvalue weighted by Gasteiger charge is -2.07. The van der Waals surface area contributed by atoms with E-state index in [1.54, 1.807) is 0 Å². The summed E-state index contributed by atoms with van der Waals surface area (Å²) < 4.78 is 0.815. The van der Waals surface area contributed by atoms with Crippen molar-refractivity contribution in [1.29, 1.82) is 0 Å². The monoisotopic (exact) mass is 214 g/mol. The zero-order valence-corrected chi connectivity index (χ0v) is 8.49. The van der Waals surface area contributed by atoms with Gasteiger partial charge in [-0.15, -0.1) is 0 Å². The fourth-order valence-electron chi connectivity index (χ4n) is 1.03. The predicted octanol–water partition coefficient (Wildman–Crippen LogP) is 3.08. The van der Waals surface area contributed by atoms with Crippen LogP contribution in [0, 0.1) is 20.8 Å². The van der Waals surface area contributed by atoms with E-state index in [1.165, 1.54) is 5.56 Å². The van der Waals surface area contributed by atoms with E-state index in [0.717, 1.165) is 15.6 Å². The minimum atomic E-state index is 0.355. The lowest BCUT2D eigenvalue weighted by molar-refractivity contribution is 0.467. The number of benzene rings is 1. The second-order valence-electron chi connectivity index (χ2n) is 2.80. The van der Waals surface area contributed by atoms with Gasteiger partial charge in [0.25, 0.3) is 0 Å². The van der Waals surface area contributed by atoms with Crippen LogP contribution in [-0.4, -0.2) is 5.11 Å². The van der Waals surface area contributed by atoms with Crippen molar-refractivity contribution in [2.75, 3.05) is 0 Å². The number of hydrogen-bond donors (Lipinski definition) is 1. The van der Waals surface area contributed by atoms with Crippen molar-refractivity contribution in [3.8, 4) is 5.75 Å². The third-order valence-corrected chi connectivity index (χ3v) is 2.91. The van der Waals surface area contributed by atoms with Crippen LogP contribution in [0.4, 0.5) is 0 Å². The highest BCUT2D eigenvalue weighted by Gasteiger charge is 2.06. The van der Waals surface area contributed by atoms with Crippen molar-refractivity contribution in [2.45, 2.75) is 20.8 Å². The fraction of sp³-hybridized carbons (Fsp3) is 0.333. The Hall–Kier alpha value is -0.500. The van der Waals surface area contributed by atoms with Gasteiger partial charge in [-0.2, -0.15) is 0 Å². The Bertz CT molecular complexity index is 266. The van der Waals surface area contributed by atoms with E-state index in [1.807, 2.05) is 26.8 Å². The van der Waals surface area contributed by atoms with Crippen molar-refractivity contribution in [1.82, 2.24) is 0 Å². The molecule has 0 saturated heterocycles. The molecule has 0 heterocycles. The first-order valence-electron chi connectivity index (χ1n) is 3.49. The third kappa shape index (κ3) is 1.41. The lowest BCUT2D eigenvalue weighted by atomic mass is 10.1. The molecule has 0 bridgehead atoms. The maximum absolute atomic E-state index is 9.46. The van der Waals surface area contributed by atoms with Crippen molar-refractivity contribution in [3.63, 3.8) is 0 Å².